The minimum absolute atomic E-state index is 0.227. The van der Waals surface area contributed by atoms with Crippen molar-refractivity contribution in [3.05, 3.63) is 78.4 Å². The van der Waals surface area contributed by atoms with Crippen molar-refractivity contribution in [1.29, 1.82) is 0 Å². The highest BCUT2D eigenvalue weighted by atomic mass is 35.7. The summed E-state index contributed by atoms with van der Waals surface area (Å²) in [5.41, 5.74) is 0.921. The van der Waals surface area contributed by atoms with Gasteiger partial charge < -0.3 is 14.4 Å². The molecule has 27 heavy (non-hydrogen) atoms. The summed E-state index contributed by atoms with van der Waals surface area (Å²) in [6.45, 7) is -1.89. The van der Waals surface area contributed by atoms with Crippen molar-refractivity contribution in [1.82, 2.24) is 5.09 Å². The van der Waals surface area contributed by atoms with Crippen molar-refractivity contribution in [3.63, 3.8) is 0 Å². The van der Waals surface area contributed by atoms with Crippen molar-refractivity contribution in [3.8, 4) is 5.75 Å². The molecule has 0 aliphatic heterocycles. The van der Waals surface area contributed by atoms with Gasteiger partial charge in [0.15, 0.2) is 6.29 Å². The van der Waals surface area contributed by atoms with Crippen LogP contribution in [0.2, 0.25) is 0 Å². The maximum Gasteiger partial charge on any atom is 0.409 e. The highest BCUT2D eigenvalue weighted by Gasteiger charge is 2.28. The molecule has 0 aliphatic rings. The highest BCUT2D eigenvalue weighted by Crippen LogP contribution is 2.50. The lowest BCUT2D eigenvalue weighted by Crippen LogP contribution is -2.37. The summed E-state index contributed by atoms with van der Waals surface area (Å²) in [4.78, 5) is 0. The van der Waals surface area contributed by atoms with Gasteiger partial charge >= 0.3 is 6.87 Å². The maximum atomic E-state index is 12.7. The Morgan fingerprint density at radius 2 is 1.70 bits per heavy atom. The Kier molecular flexibility index (Phi) is 6.53. The Balaban J connectivity index is 1.62. The number of ether oxygens (including phenoxy) is 1. The molecular formula is C20H21ClNO4P. The minimum atomic E-state index is -3.74. The molecule has 3 atom stereocenters. The molecule has 0 aliphatic carbocycles. The normalized spacial score (nSPS) is 15.8. The van der Waals surface area contributed by atoms with E-state index in [4.69, 9.17) is 20.5 Å². The van der Waals surface area contributed by atoms with Gasteiger partial charge in [0.2, 0.25) is 0 Å². The van der Waals surface area contributed by atoms with Gasteiger partial charge in [0.1, 0.15) is 5.75 Å². The second-order valence-electron chi connectivity index (χ2n) is 6.15. The molecule has 0 amide bonds. The Hall–Kier alpha value is -1.88. The average molecular weight is 406 g/mol. The molecule has 0 radical (unpaired) electrons. The van der Waals surface area contributed by atoms with E-state index in [1.165, 1.54) is 0 Å². The molecule has 0 heterocycles. The molecule has 2 unspecified atom stereocenters. The lowest BCUT2D eigenvalue weighted by Gasteiger charge is -2.23. The Morgan fingerprint density at radius 1 is 1.04 bits per heavy atom. The second kappa shape index (κ2) is 8.87. The van der Waals surface area contributed by atoms with Crippen LogP contribution in [-0.2, 0) is 15.9 Å². The lowest BCUT2D eigenvalue weighted by atomic mass is 10.1. The number of nitrogens with one attached hydrogen (secondary N) is 1. The van der Waals surface area contributed by atoms with Crippen molar-refractivity contribution in [2.24, 2.45) is 0 Å². The number of benzene rings is 3. The van der Waals surface area contributed by atoms with Gasteiger partial charge in [-0.3, -0.25) is 0 Å². The monoisotopic (exact) mass is 405 g/mol. The third-order valence-corrected chi connectivity index (χ3v) is 5.66. The van der Waals surface area contributed by atoms with Crippen LogP contribution >= 0.6 is 18.1 Å². The number of hydrogen-bond donors (Lipinski definition) is 2. The van der Waals surface area contributed by atoms with Crippen LogP contribution < -0.4 is 9.61 Å². The average Bonchev–Trinajstić information content (AvgIpc) is 2.66. The molecule has 0 fully saturated rings. The van der Waals surface area contributed by atoms with Gasteiger partial charge in [-0.1, -0.05) is 66.7 Å². The molecule has 3 rings (SSSR count). The highest BCUT2D eigenvalue weighted by molar-refractivity contribution is 7.84. The first-order valence-electron chi connectivity index (χ1n) is 8.53. The fraction of sp³-hybridized carbons (Fsp3) is 0.200. The van der Waals surface area contributed by atoms with Crippen LogP contribution in [0.25, 0.3) is 10.8 Å². The summed E-state index contributed by atoms with van der Waals surface area (Å²) in [5, 5.41) is 14.5. The van der Waals surface area contributed by atoms with Crippen molar-refractivity contribution in [2.45, 2.75) is 25.9 Å². The third kappa shape index (κ3) is 5.55. The fourth-order valence-electron chi connectivity index (χ4n) is 2.64. The Labute approximate surface area is 163 Å². The zero-order chi connectivity index (χ0) is 19.3. The van der Waals surface area contributed by atoms with E-state index in [0.717, 1.165) is 16.3 Å². The van der Waals surface area contributed by atoms with Crippen LogP contribution in [0.5, 0.6) is 5.75 Å². The summed E-state index contributed by atoms with van der Waals surface area (Å²) in [6.07, 6.45) is -1.20. The number of fused-ring (bicyclic) bond motifs is 1. The third-order valence-electron chi connectivity index (χ3n) is 4.01. The SMILES string of the molecule is C[C@H](NP(=O)(Cl)Oc1cccc2ccccc12)C(O)OCc1ccccc1. The lowest BCUT2D eigenvalue weighted by molar-refractivity contribution is -0.121. The van der Waals surface area contributed by atoms with E-state index >= 15 is 0 Å². The van der Waals surface area contributed by atoms with Crippen molar-refractivity contribution >= 4 is 28.9 Å². The van der Waals surface area contributed by atoms with Gasteiger partial charge in [0.05, 0.1) is 12.6 Å². The first kappa shape index (κ1) is 19.9. The van der Waals surface area contributed by atoms with Crippen LogP contribution in [-0.4, -0.2) is 17.4 Å². The zero-order valence-corrected chi connectivity index (χ0v) is 16.4. The summed E-state index contributed by atoms with van der Waals surface area (Å²) in [7, 11) is 0. The van der Waals surface area contributed by atoms with E-state index in [2.05, 4.69) is 5.09 Å². The van der Waals surface area contributed by atoms with Crippen LogP contribution in [0.15, 0.2) is 72.8 Å². The summed E-state index contributed by atoms with van der Waals surface area (Å²) in [6, 6.07) is 21.8. The van der Waals surface area contributed by atoms with E-state index in [9.17, 15) is 9.67 Å². The summed E-state index contributed by atoms with van der Waals surface area (Å²) < 4.78 is 23.6. The Morgan fingerprint density at radius 3 is 2.48 bits per heavy atom. The van der Waals surface area contributed by atoms with Gasteiger partial charge in [-0.2, -0.15) is 0 Å². The van der Waals surface area contributed by atoms with Crippen LogP contribution in [0.3, 0.4) is 0 Å². The van der Waals surface area contributed by atoms with Gasteiger partial charge in [-0.25, -0.2) is 9.65 Å². The molecule has 2 N–H and O–H groups in total. The predicted molar refractivity (Wildman–Crippen MR) is 108 cm³/mol. The molecule has 3 aromatic carbocycles. The van der Waals surface area contributed by atoms with E-state index in [-0.39, 0.29) is 6.61 Å². The largest absolute Gasteiger partial charge is 0.422 e. The van der Waals surface area contributed by atoms with E-state index in [0.29, 0.717) is 5.75 Å². The van der Waals surface area contributed by atoms with E-state index < -0.39 is 19.2 Å². The number of halogens is 1. The number of rotatable bonds is 8. The summed E-state index contributed by atoms with van der Waals surface area (Å²) >= 11 is 6.08. The van der Waals surface area contributed by atoms with Crippen LogP contribution in [0.1, 0.15) is 12.5 Å². The molecule has 7 heteroatoms. The first-order valence-corrected chi connectivity index (χ1v) is 11.1. The van der Waals surface area contributed by atoms with Crippen molar-refractivity contribution < 1.29 is 18.9 Å². The minimum Gasteiger partial charge on any atom is -0.422 e. The van der Waals surface area contributed by atoms with Crippen LogP contribution in [0, 0.1) is 0 Å². The maximum absolute atomic E-state index is 12.7. The number of hydrogen-bond acceptors (Lipinski definition) is 4. The van der Waals surface area contributed by atoms with Gasteiger partial charge in [0.25, 0.3) is 0 Å². The predicted octanol–water partition coefficient (Wildman–Crippen LogP) is 5.08. The van der Waals surface area contributed by atoms with Gasteiger partial charge in [0, 0.05) is 16.6 Å². The molecule has 0 saturated carbocycles. The zero-order valence-electron chi connectivity index (χ0n) is 14.8. The molecule has 5 nitrogen and oxygen atoms in total. The van der Waals surface area contributed by atoms with Gasteiger partial charge in [-0.15, -0.1) is 0 Å². The van der Waals surface area contributed by atoms with E-state index in [1.807, 2.05) is 60.7 Å². The second-order valence-corrected chi connectivity index (χ2v) is 8.89. The topological polar surface area (TPSA) is 67.8 Å². The van der Waals surface area contributed by atoms with Gasteiger partial charge in [-0.05, 0) is 23.9 Å². The van der Waals surface area contributed by atoms with E-state index in [1.54, 1.807) is 19.1 Å². The number of aliphatic hydroxyl groups is 1. The molecule has 3 aromatic rings. The molecule has 142 valence electrons. The quantitative estimate of drug-likeness (QED) is 0.404. The first-order chi connectivity index (χ1) is 12.9. The molecule has 0 saturated heterocycles. The standard InChI is InChI=1S/C20H21ClNO4P/c1-15(20(23)25-14-16-8-3-2-4-9-16)22-27(21,24)26-19-13-7-11-17-10-5-6-12-18(17)19/h2-13,15,20,23H,14H2,1H3,(H,22,24)/t15-,20?,27?/m0/s1. The Bertz CT molecular complexity index is 932. The summed E-state index contributed by atoms with van der Waals surface area (Å²) in [5.74, 6) is 0.408. The smallest absolute Gasteiger partial charge is 0.409 e. The fourth-order valence-corrected chi connectivity index (χ4v) is 4.40. The van der Waals surface area contributed by atoms with Crippen LogP contribution in [0.4, 0.5) is 0 Å². The number of aliphatic hydroxyl groups excluding tert-OH is 1. The van der Waals surface area contributed by atoms with Crippen molar-refractivity contribution in [2.75, 3.05) is 0 Å². The molecular weight excluding hydrogens is 385 g/mol. The molecule has 0 spiro atoms. The molecule has 0 aromatic heterocycles. The molecule has 0 bridgehead atoms.